The smallest absolute Gasteiger partial charge is 0.0543 e. The number of para-hydroxylation sites is 1. The van der Waals surface area contributed by atoms with Gasteiger partial charge in [-0.2, -0.15) is 0 Å². The Labute approximate surface area is 320 Å². The maximum atomic E-state index is 2.62. The van der Waals surface area contributed by atoms with Gasteiger partial charge >= 0.3 is 0 Å². The van der Waals surface area contributed by atoms with Crippen molar-refractivity contribution in [1.82, 2.24) is 0 Å². The average Bonchev–Trinajstić information content (AvgIpc) is 3.93. The molecule has 0 unspecified atom stereocenters. The van der Waals surface area contributed by atoms with Crippen LogP contribution in [0.25, 0.3) is 44.5 Å². The summed E-state index contributed by atoms with van der Waals surface area (Å²) in [5.41, 5.74) is 23.0. The van der Waals surface area contributed by atoms with Gasteiger partial charge in [-0.05, 0) is 104 Å². The Hall–Kier alpha value is -5.66. The quantitative estimate of drug-likeness (QED) is 0.177. The number of nitrogens with zero attached hydrogens (tertiary/aromatic N) is 1. The molecule has 0 N–H and O–H groups in total. The predicted molar refractivity (Wildman–Crippen MR) is 226 cm³/mol. The standard InChI is InChI=1S/C53H45N/c1-51(2)43-24-10-7-20-41(43)49-45(51)26-16-28-48(49)54(34-29-30-37-35-17-6-11-25-44(35)53(46(37)33-34)31-13-14-32-53)47-27-12-8-19-38(47)40-22-15-21-39-36-18-5-9-23-42(36)52(3,4)50(39)40/h5-12,15-30,33H,13-14,31-32H2,1-4H3. The first kappa shape index (κ1) is 31.8. The van der Waals surface area contributed by atoms with Gasteiger partial charge in [0.05, 0.1) is 11.4 Å². The first-order valence-electron chi connectivity index (χ1n) is 19.9. The molecule has 0 bridgehead atoms. The summed E-state index contributed by atoms with van der Waals surface area (Å²) in [4.78, 5) is 2.62. The Bertz CT molecular complexity index is 2680. The fourth-order valence-corrected chi connectivity index (χ4v) is 11.4. The average molecular weight is 696 g/mol. The Morgan fingerprint density at radius 3 is 1.63 bits per heavy atom. The van der Waals surface area contributed by atoms with Gasteiger partial charge < -0.3 is 4.90 Å². The SMILES string of the molecule is CC1(C)c2ccccc2-c2c(N(c3ccc4c(c3)C3(CCCC3)c3ccccc3-4)c3ccccc3-c3cccc4c3C(C)(C)c3ccccc3-4)cccc21. The Morgan fingerprint density at radius 2 is 0.889 bits per heavy atom. The van der Waals surface area contributed by atoms with Crippen LogP contribution >= 0.6 is 0 Å². The molecule has 7 aromatic carbocycles. The van der Waals surface area contributed by atoms with Crippen LogP contribution < -0.4 is 4.90 Å². The van der Waals surface area contributed by atoms with Gasteiger partial charge in [0, 0.05) is 33.1 Å². The third-order valence-electron chi connectivity index (χ3n) is 13.8. The normalized spacial score (nSPS) is 17.0. The van der Waals surface area contributed by atoms with Crippen LogP contribution in [0.15, 0.2) is 152 Å². The molecule has 11 rings (SSSR count). The van der Waals surface area contributed by atoms with Gasteiger partial charge in [0.2, 0.25) is 0 Å². The van der Waals surface area contributed by atoms with E-state index in [1.807, 2.05) is 0 Å². The van der Waals surface area contributed by atoms with Crippen molar-refractivity contribution in [3.05, 3.63) is 185 Å². The van der Waals surface area contributed by atoms with E-state index in [0.717, 1.165) is 0 Å². The summed E-state index contributed by atoms with van der Waals surface area (Å²) in [6.07, 6.45) is 4.98. The zero-order valence-electron chi connectivity index (χ0n) is 31.7. The number of hydrogen-bond donors (Lipinski definition) is 0. The summed E-state index contributed by atoms with van der Waals surface area (Å²) in [7, 11) is 0. The highest BCUT2D eigenvalue weighted by Gasteiger charge is 2.46. The zero-order chi connectivity index (χ0) is 36.4. The van der Waals surface area contributed by atoms with E-state index in [9.17, 15) is 0 Å². The molecular formula is C53H45N. The van der Waals surface area contributed by atoms with Crippen molar-refractivity contribution >= 4 is 17.1 Å². The number of benzene rings is 7. The van der Waals surface area contributed by atoms with E-state index in [1.54, 1.807) is 0 Å². The fraction of sp³-hybridized carbons (Fsp3) is 0.208. The van der Waals surface area contributed by atoms with Gasteiger partial charge in [-0.25, -0.2) is 0 Å². The van der Waals surface area contributed by atoms with Gasteiger partial charge in [-0.3, -0.25) is 0 Å². The molecule has 0 saturated heterocycles. The third kappa shape index (κ3) is 4.10. The van der Waals surface area contributed by atoms with E-state index >= 15 is 0 Å². The Kier molecular flexibility index (Phi) is 6.59. The molecule has 0 aliphatic heterocycles. The van der Waals surface area contributed by atoms with Gasteiger partial charge in [-0.15, -0.1) is 0 Å². The van der Waals surface area contributed by atoms with Crippen LogP contribution in [0.2, 0.25) is 0 Å². The van der Waals surface area contributed by atoms with Gasteiger partial charge in [0.1, 0.15) is 0 Å². The lowest BCUT2D eigenvalue weighted by atomic mass is 9.76. The summed E-state index contributed by atoms with van der Waals surface area (Å²) in [6.45, 7) is 9.60. The topological polar surface area (TPSA) is 3.24 Å². The van der Waals surface area contributed by atoms with Crippen LogP contribution in [0, 0.1) is 0 Å². The predicted octanol–water partition coefficient (Wildman–Crippen LogP) is 14.3. The largest absolute Gasteiger partial charge is 0.309 e. The van der Waals surface area contributed by atoms with E-state index in [4.69, 9.17) is 0 Å². The van der Waals surface area contributed by atoms with Crippen molar-refractivity contribution < 1.29 is 0 Å². The summed E-state index contributed by atoms with van der Waals surface area (Å²) in [5.74, 6) is 0. The molecule has 0 amide bonds. The highest BCUT2D eigenvalue weighted by molar-refractivity contribution is 6.00. The first-order chi connectivity index (χ1) is 26.3. The number of anilines is 3. The minimum absolute atomic E-state index is 0.0798. The minimum atomic E-state index is -0.133. The molecule has 54 heavy (non-hydrogen) atoms. The minimum Gasteiger partial charge on any atom is -0.309 e. The zero-order valence-corrected chi connectivity index (χ0v) is 31.7. The van der Waals surface area contributed by atoms with Crippen molar-refractivity contribution in [2.75, 3.05) is 4.90 Å². The number of rotatable bonds is 4. The lowest BCUT2D eigenvalue weighted by Gasteiger charge is -2.33. The van der Waals surface area contributed by atoms with Crippen LogP contribution in [0.4, 0.5) is 17.1 Å². The maximum absolute atomic E-state index is 2.62. The van der Waals surface area contributed by atoms with E-state index in [1.165, 1.54) is 121 Å². The van der Waals surface area contributed by atoms with Crippen molar-refractivity contribution in [3.63, 3.8) is 0 Å². The Morgan fingerprint density at radius 1 is 0.389 bits per heavy atom. The lowest BCUT2D eigenvalue weighted by molar-refractivity contribution is 0.550. The number of fused-ring (bicyclic) bond motifs is 11. The monoisotopic (exact) mass is 695 g/mol. The summed E-state index contributed by atoms with van der Waals surface area (Å²) in [5, 5.41) is 0. The molecular weight excluding hydrogens is 651 g/mol. The molecule has 1 heteroatoms. The summed E-state index contributed by atoms with van der Waals surface area (Å²) >= 11 is 0. The molecule has 1 nitrogen and oxygen atoms in total. The lowest BCUT2D eigenvalue weighted by Crippen LogP contribution is -2.21. The van der Waals surface area contributed by atoms with Crippen LogP contribution in [-0.4, -0.2) is 0 Å². The second kappa shape index (κ2) is 11.2. The van der Waals surface area contributed by atoms with Crippen LogP contribution in [0.3, 0.4) is 0 Å². The van der Waals surface area contributed by atoms with Crippen molar-refractivity contribution in [1.29, 1.82) is 0 Å². The maximum Gasteiger partial charge on any atom is 0.0543 e. The van der Waals surface area contributed by atoms with E-state index in [0.29, 0.717) is 0 Å². The molecule has 0 radical (unpaired) electrons. The highest BCUT2D eigenvalue weighted by Crippen LogP contribution is 2.60. The second-order valence-electron chi connectivity index (χ2n) is 17.2. The molecule has 1 fully saturated rings. The van der Waals surface area contributed by atoms with Crippen molar-refractivity contribution in [2.24, 2.45) is 0 Å². The molecule has 0 atom stereocenters. The number of hydrogen-bond acceptors (Lipinski definition) is 1. The van der Waals surface area contributed by atoms with Gasteiger partial charge in [-0.1, -0.05) is 168 Å². The summed E-state index contributed by atoms with van der Waals surface area (Å²) < 4.78 is 0. The van der Waals surface area contributed by atoms with Crippen LogP contribution in [-0.2, 0) is 16.2 Å². The second-order valence-corrected chi connectivity index (χ2v) is 17.2. The molecule has 1 saturated carbocycles. The molecule has 0 heterocycles. The van der Waals surface area contributed by atoms with E-state index in [2.05, 4.69) is 184 Å². The molecule has 1 spiro atoms. The third-order valence-corrected chi connectivity index (χ3v) is 13.8. The van der Waals surface area contributed by atoms with Crippen molar-refractivity contribution in [3.8, 4) is 44.5 Å². The summed E-state index contributed by atoms with van der Waals surface area (Å²) in [6, 6.07) is 57.9. The molecule has 262 valence electrons. The molecule has 4 aliphatic rings. The Balaban J connectivity index is 1.20. The first-order valence-corrected chi connectivity index (χ1v) is 19.9. The van der Waals surface area contributed by atoms with Gasteiger partial charge in [0.15, 0.2) is 0 Å². The molecule has 4 aliphatic carbocycles. The molecule has 7 aromatic rings. The highest BCUT2D eigenvalue weighted by atomic mass is 15.1. The fourth-order valence-electron chi connectivity index (χ4n) is 11.4. The molecule has 0 aromatic heterocycles. The van der Waals surface area contributed by atoms with Crippen LogP contribution in [0.5, 0.6) is 0 Å². The van der Waals surface area contributed by atoms with Crippen LogP contribution in [0.1, 0.15) is 86.8 Å². The van der Waals surface area contributed by atoms with Crippen molar-refractivity contribution in [2.45, 2.75) is 69.6 Å². The van der Waals surface area contributed by atoms with E-state index < -0.39 is 0 Å². The van der Waals surface area contributed by atoms with E-state index in [-0.39, 0.29) is 16.2 Å². The van der Waals surface area contributed by atoms with Gasteiger partial charge in [0.25, 0.3) is 0 Å².